The standard InChI is InChI=1S/C10H15N7S/c1-13-10(16-7-11)15-4-5-18-6-9-14-3-2-8(12)17-9/h2-3H,4-6H2,1H3,(H2,12,14,17)(H2,13,15,16). The average Bonchev–Trinajstić information content (AvgIpc) is 2.37. The summed E-state index contributed by atoms with van der Waals surface area (Å²) < 4.78 is 0. The van der Waals surface area contributed by atoms with E-state index in [1.165, 1.54) is 0 Å². The number of nitrogen functional groups attached to an aromatic ring is 1. The lowest BCUT2D eigenvalue weighted by Crippen LogP contribution is -2.35. The van der Waals surface area contributed by atoms with Gasteiger partial charge in [-0.3, -0.25) is 10.3 Å². The molecule has 1 aromatic heterocycles. The molecule has 0 spiro atoms. The van der Waals surface area contributed by atoms with Crippen molar-refractivity contribution in [2.45, 2.75) is 5.75 Å². The van der Waals surface area contributed by atoms with E-state index in [2.05, 4.69) is 25.6 Å². The summed E-state index contributed by atoms with van der Waals surface area (Å²) in [7, 11) is 1.61. The van der Waals surface area contributed by atoms with Crippen molar-refractivity contribution in [3.63, 3.8) is 0 Å². The van der Waals surface area contributed by atoms with Gasteiger partial charge in [0, 0.05) is 25.5 Å². The minimum atomic E-state index is 0.471. The van der Waals surface area contributed by atoms with Crippen LogP contribution in [0.4, 0.5) is 5.82 Å². The minimum Gasteiger partial charge on any atom is -0.384 e. The summed E-state index contributed by atoms with van der Waals surface area (Å²) in [6.07, 6.45) is 3.46. The highest BCUT2D eigenvalue weighted by Gasteiger charge is 1.98. The number of aliphatic imine (C=N–C) groups is 1. The van der Waals surface area contributed by atoms with Crippen molar-refractivity contribution in [3.05, 3.63) is 18.1 Å². The Hall–Kier alpha value is -2.01. The molecule has 0 bridgehead atoms. The summed E-state index contributed by atoms with van der Waals surface area (Å²) >= 11 is 1.68. The molecule has 0 aliphatic carbocycles. The van der Waals surface area contributed by atoms with E-state index in [4.69, 9.17) is 11.0 Å². The van der Waals surface area contributed by atoms with Crippen LogP contribution in [0.1, 0.15) is 5.82 Å². The summed E-state index contributed by atoms with van der Waals surface area (Å²) in [5.41, 5.74) is 5.55. The van der Waals surface area contributed by atoms with Crippen LogP contribution in [0.2, 0.25) is 0 Å². The number of aromatic nitrogens is 2. The van der Waals surface area contributed by atoms with Crippen LogP contribution in [-0.4, -0.2) is 35.3 Å². The van der Waals surface area contributed by atoms with Crippen molar-refractivity contribution in [3.8, 4) is 6.19 Å². The highest BCUT2D eigenvalue weighted by molar-refractivity contribution is 7.98. The summed E-state index contributed by atoms with van der Waals surface area (Å²) in [6, 6.07) is 1.66. The number of nitrogens with two attached hydrogens (primary N) is 1. The number of nitrogens with one attached hydrogen (secondary N) is 2. The van der Waals surface area contributed by atoms with Gasteiger partial charge in [0.25, 0.3) is 0 Å². The van der Waals surface area contributed by atoms with Crippen LogP contribution >= 0.6 is 11.8 Å². The van der Waals surface area contributed by atoms with Gasteiger partial charge in [-0.05, 0) is 6.07 Å². The lowest BCUT2D eigenvalue weighted by molar-refractivity contribution is 0.929. The van der Waals surface area contributed by atoms with E-state index in [-0.39, 0.29) is 0 Å². The lowest BCUT2D eigenvalue weighted by atomic mass is 10.5. The summed E-state index contributed by atoms with van der Waals surface area (Å²) in [6.45, 7) is 0.703. The minimum absolute atomic E-state index is 0.471. The number of hydrogen-bond donors (Lipinski definition) is 3. The Kier molecular flexibility index (Phi) is 6.35. The SMILES string of the molecule is CN=C(NC#N)NCCSCc1nccc(N)n1. The van der Waals surface area contributed by atoms with Gasteiger partial charge < -0.3 is 11.1 Å². The topological polar surface area (TPSA) is 112 Å². The van der Waals surface area contributed by atoms with E-state index in [1.54, 1.807) is 31.1 Å². The molecular formula is C10H15N7S. The Bertz CT molecular complexity index is 440. The summed E-state index contributed by atoms with van der Waals surface area (Å²) in [5, 5.41) is 13.9. The van der Waals surface area contributed by atoms with Gasteiger partial charge in [-0.25, -0.2) is 9.97 Å². The van der Waals surface area contributed by atoms with E-state index in [0.717, 1.165) is 11.6 Å². The smallest absolute Gasteiger partial charge is 0.204 e. The second kappa shape index (κ2) is 8.14. The maximum absolute atomic E-state index is 8.43. The molecule has 0 atom stereocenters. The van der Waals surface area contributed by atoms with Crippen LogP contribution < -0.4 is 16.4 Å². The molecule has 96 valence electrons. The number of guanidine groups is 1. The molecule has 0 amide bonds. The van der Waals surface area contributed by atoms with E-state index >= 15 is 0 Å². The number of nitriles is 1. The molecule has 8 heteroatoms. The largest absolute Gasteiger partial charge is 0.384 e. The third kappa shape index (κ3) is 5.36. The Labute approximate surface area is 110 Å². The molecule has 1 heterocycles. The van der Waals surface area contributed by atoms with Crippen LogP contribution in [0.15, 0.2) is 17.3 Å². The Morgan fingerprint density at radius 1 is 1.67 bits per heavy atom. The van der Waals surface area contributed by atoms with Gasteiger partial charge in [-0.2, -0.15) is 17.0 Å². The van der Waals surface area contributed by atoms with E-state index in [1.807, 2.05) is 6.19 Å². The molecule has 1 rings (SSSR count). The molecule has 7 nitrogen and oxygen atoms in total. The van der Waals surface area contributed by atoms with Gasteiger partial charge in [0.1, 0.15) is 11.6 Å². The van der Waals surface area contributed by atoms with Crippen LogP contribution in [0, 0.1) is 11.5 Å². The van der Waals surface area contributed by atoms with Gasteiger partial charge in [0.05, 0.1) is 5.75 Å². The van der Waals surface area contributed by atoms with Crippen LogP contribution in [0.3, 0.4) is 0 Å². The lowest BCUT2D eigenvalue weighted by Gasteiger charge is -2.06. The molecule has 0 fully saturated rings. The summed E-state index contributed by atoms with van der Waals surface area (Å²) in [4.78, 5) is 12.1. The third-order valence-electron chi connectivity index (χ3n) is 1.89. The first kappa shape index (κ1) is 14.1. The van der Waals surface area contributed by atoms with Gasteiger partial charge in [0.15, 0.2) is 6.19 Å². The first-order valence-corrected chi connectivity index (χ1v) is 6.42. The van der Waals surface area contributed by atoms with Crippen molar-refractivity contribution in [2.24, 2.45) is 4.99 Å². The van der Waals surface area contributed by atoms with E-state index in [0.29, 0.717) is 24.1 Å². The number of thioether (sulfide) groups is 1. The molecule has 0 radical (unpaired) electrons. The molecule has 1 aromatic rings. The quantitative estimate of drug-likeness (QED) is 0.225. The second-order valence-corrected chi connectivity index (χ2v) is 4.29. The number of anilines is 1. The van der Waals surface area contributed by atoms with Crippen LogP contribution in [-0.2, 0) is 5.75 Å². The van der Waals surface area contributed by atoms with E-state index < -0.39 is 0 Å². The molecule has 0 aliphatic heterocycles. The number of rotatable bonds is 5. The van der Waals surface area contributed by atoms with Crippen molar-refractivity contribution in [1.29, 1.82) is 5.26 Å². The summed E-state index contributed by atoms with van der Waals surface area (Å²) in [5.74, 6) is 3.23. The average molecular weight is 265 g/mol. The predicted molar refractivity (Wildman–Crippen MR) is 72.7 cm³/mol. The van der Waals surface area contributed by atoms with Crippen molar-refractivity contribution >= 4 is 23.5 Å². The maximum atomic E-state index is 8.43. The number of hydrogen-bond acceptors (Lipinski definition) is 6. The van der Waals surface area contributed by atoms with Crippen molar-refractivity contribution in [1.82, 2.24) is 20.6 Å². The van der Waals surface area contributed by atoms with Crippen LogP contribution in [0.5, 0.6) is 0 Å². The molecule has 18 heavy (non-hydrogen) atoms. The first-order chi connectivity index (χ1) is 8.76. The Morgan fingerprint density at radius 2 is 2.50 bits per heavy atom. The monoisotopic (exact) mass is 265 g/mol. The first-order valence-electron chi connectivity index (χ1n) is 5.27. The Morgan fingerprint density at radius 3 is 3.17 bits per heavy atom. The van der Waals surface area contributed by atoms with Gasteiger partial charge in [-0.15, -0.1) is 0 Å². The number of nitrogens with zero attached hydrogens (tertiary/aromatic N) is 4. The van der Waals surface area contributed by atoms with Crippen molar-refractivity contribution < 1.29 is 0 Å². The van der Waals surface area contributed by atoms with Gasteiger partial charge >= 0.3 is 0 Å². The fourth-order valence-corrected chi connectivity index (χ4v) is 1.83. The molecule has 0 saturated heterocycles. The zero-order chi connectivity index (χ0) is 13.2. The second-order valence-electron chi connectivity index (χ2n) is 3.19. The van der Waals surface area contributed by atoms with Gasteiger partial charge in [-0.1, -0.05) is 0 Å². The predicted octanol–water partition coefficient (Wildman–Crippen LogP) is -0.0619. The molecule has 0 aromatic carbocycles. The molecule has 0 saturated carbocycles. The molecule has 4 N–H and O–H groups in total. The van der Waals surface area contributed by atoms with E-state index in [9.17, 15) is 0 Å². The highest BCUT2D eigenvalue weighted by Crippen LogP contribution is 2.07. The molecular weight excluding hydrogens is 250 g/mol. The fraction of sp³-hybridized carbons (Fsp3) is 0.400. The molecule has 0 aliphatic rings. The zero-order valence-corrected chi connectivity index (χ0v) is 10.9. The normalized spacial score (nSPS) is 10.8. The van der Waals surface area contributed by atoms with Crippen molar-refractivity contribution in [2.75, 3.05) is 25.1 Å². The molecule has 0 unspecified atom stereocenters. The fourth-order valence-electron chi connectivity index (χ4n) is 1.12. The highest BCUT2D eigenvalue weighted by atomic mass is 32.2. The third-order valence-corrected chi connectivity index (χ3v) is 2.85. The maximum Gasteiger partial charge on any atom is 0.204 e. The Balaban J connectivity index is 2.18. The van der Waals surface area contributed by atoms with Gasteiger partial charge in [0.2, 0.25) is 5.96 Å². The zero-order valence-electron chi connectivity index (χ0n) is 10.1. The van der Waals surface area contributed by atoms with Crippen LogP contribution in [0.25, 0.3) is 0 Å².